The van der Waals surface area contributed by atoms with Crippen molar-refractivity contribution in [1.82, 2.24) is 9.80 Å². The molecule has 0 saturated carbocycles. The number of likely N-dealkylation sites (tertiary alicyclic amines) is 1. The maximum atomic E-state index is 14.2. The molecule has 3 fully saturated rings. The molecule has 0 radical (unpaired) electrons. The van der Waals surface area contributed by atoms with Crippen molar-refractivity contribution in [2.24, 2.45) is 0 Å². The van der Waals surface area contributed by atoms with Gasteiger partial charge >= 0.3 is 0 Å². The Kier molecular flexibility index (Phi) is 5.13. The number of carbonyl (C=O) groups is 2. The SMILES string of the molecule is N#Cc1ccc(F)c(C(=O)N2CCC3(CC2)O[C@@H]2CCC(c4cc(F)cc(F)c4)N2C3=O)c1. The molecule has 5 rings (SSSR count). The van der Waals surface area contributed by atoms with Gasteiger partial charge in [0, 0.05) is 32.0 Å². The van der Waals surface area contributed by atoms with E-state index in [4.69, 9.17) is 10.00 Å². The normalized spacial score (nSPS) is 23.6. The highest BCUT2D eigenvalue weighted by molar-refractivity contribution is 5.95. The summed E-state index contributed by atoms with van der Waals surface area (Å²) in [6.45, 7) is 0.362. The van der Waals surface area contributed by atoms with Crippen LogP contribution in [0.5, 0.6) is 0 Å². The Balaban J connectivity index is 1.32. The van der Waals surface area contributed by atoms with Gasteiger partial charge in [0.15, 0.2) is 5.60 Å². The molecule has 2 aromatic carbocycles. The van der Waals surface area contributed by atoms with E-state index in [0.29, 0.717) is 18.4 Å². The molecule has 6 nitrogen and oxygen atoms in total. The number of piperidine rings is 1. The number of hydrogen-bond acceptors (Lipinski definition) is 4. The molecular weight excluding hydrogens is 435 g/mol. The van der Waals surface area contributed by atoms with Gasteiger partial charge in [0.1, 0.15) is 23.7 Å². The first-order valence-corrected chi connectivity index (χ1v) is 10.8. The zero-order chi connectivity index (χ0) is 23.3. The van der Waals surface area contributed by atoms with Crippen molar-refractivity contribution in [3.63, 3.8) is 0 Å². The number of carbonyl (C=O) groups excluding carboxylic acids is 2. The maximum absolute atomic E-state index is 14.2. The number of fused-ring (bicyclic) bond motifs is 1. The first kappa shape index (κ1) is 21.5. The molecule has 2 atom stereocenters. The van der Waals surface area contributed by atoms with Gasteiger partial charge in [-0.1, -0.05) is 0 Å². The van der Waals surface area contributed by atoms with Gasteiger partial charge in [-0.05, 0) is 48.7 Å². The number of ether oxygens (including phenoxy) is 1. The average Bonchev–Trinajstić information content (AvgIpc) is 3.31. The van der Waals surface area contributed by atoms with Crippen LogP contribution in [0.1, 0.15) is 53.2 Å². The van der Waals surface area contributed by atoms with Crippen molar-refractivity contribution in [3.05, 3.63) is 70.5 Å². The fourth-order valence-corrected chi connectivity index (χ4v) is 5.14. The lowest BCUT2D eigenvalue weighted by Crippen LogP contribution is -2.51. The van der Waals surface area contributed by atoms with E-state index in [0.717, 1.165) is 12.1 Å². The van der Waals surface area contributed by atoms with E-state index in [9.17, 15) is 22.8 Å². The van der Waals surface area contributed by atoms with Crippen LogP contribution in [0.4, 0.5) is 13.2 Å². The van der Waals surface area contributed by atoms with Crippen LogP contribution in [0.15, 0.2) is 36.4 Å². The Morgan fingerprint density at radius 3 is 2.42 bits per heavy atom. The predicted octanol–water partition coefficient (Wildman–Crippen LogP) is 3.67. The summed E-state index contributed by atoms with van der Waals surface area (Å²) in [6, 6.07) is 8.29. The van der Waals surface area contributed by atoms with Crippen LogP contribution in [-0.4, -0.2) is 46.5 Å². The van der Waals surface area contributed by atoms with Crippen LogP contribution in [0.3, 0.4) is 0 Å². The summed E-state index contributed by atoms with van der Waals surface area (Å²) < 4.78 is 47.9. The summed E-state index contributed by atoms with van der Waals surface area (Å²) >= 11 is 0. The summed E-state index contributed by atoms with van der Waals surface area (Å²) in [7, 11) is 0. The molecule has 3 saturated heterocycles. The van der Waals surface area contributed by atoms with Crippen molar-refractivity contribution < 1.29 is 27.5 Å². The highest BCUT2D eigenvalue weighted by atomic mass is 19.1. The third kappa shape index (κ3) is 3.55. The quantitative estimate of drug-likeness (QED) is 0.693. The van der Waals surface area contributed by atoms with E-state index in [1.165, 1.54) is 29.2 Å². The molecule has 3 aliphatic rings. The molecule has 0 aromatic heterocycles. The maximum Gasteiger partial charge on any atom is 0.257 e. The number of nitriles is 1. The number of hydrogen-bond donors (Lipinski definition) is 0. The van der Waals surface area contributed by atoms with Gasteiger partial charge < -0.3 is 14.5 Å². The smallest absolute Gasteiger partial charge is 0.257 e. The summed E-state index contributed by atoms with van der Waals surface area (Å²) in [5.41, 5.74) is -0.719. The summed E-state index contributed by atoms with van der Waals surface area (Å²) in [4.78, 5) is 29.3. The molecule has 2 amide bonds. The molecule has 170 valence electrons. The summed E-state index contributed by atoms with van der Waals surface area (Å²) in [6.07, 6.45) is 1.06. The first-order valence-electron chi connectivity index (χ1n) is 10.8. The Morgan fingerprint density at radius 1 is 1.06 bits per heavy atom. The monoisotopic (exact) mass is 455 g/mol. The van der Waals surface area contributed by atoms with E-state index in [1.54, 1.807) is 4.90 Å². The summed E-state index contributed by atoms with van der Waals surface area (Å²) in [5, 5.41) is 9.03. The summed E-state index contributed by atoms with van der Waals surface area (Å²) in [5.74, 6) is -2.90. The van der Waals surface area contributed by atoms with Crippen molar-refractivity contribution in [1.29, 1.82) is 5.26 Å². The van der Waals surface area contributed by atoms with E-state index in [-0.39, 0.29) is 43.0 Å². The van der Waals surface area contributed by atoms with Crippen molar-refractivity contribution >= 4 is 11.8 Å². The molecule has 3 heterocycles. The lowest BCUT2D eigenvalue weighted by Gasteiger charge is -2.37. The Hall–Kier alpha value is -3.38. The molecular formula is C24H20F3N3O3. The van der Waals surface area contributed by atoms with E-state index < -0.39 is 41.2 Å². The third-order valence-corrected chi connectivity index (χ3v) is 6.77. The Morgan fingerprint density at radius 2 is 1.76 bits per heavy atom. The van der Waals surface area contributed by atoms with Crippen LogP contribution in [0.25, 0.3) is 0 Å². The van der Waals surface area contributed by atoms with Crippen LogP contribution in [-0.2, 0) is 9.53 Å². The molecule has 1 spiro atoms. The van der Waals surface area contributed by atoms with Crippen molar-refractivity contribution in [2.45, 2.75) is 43.6 Å². The Labute approximate surface area is 188 Å². The number of nitrogens with zero attached hydrogens (tertiary/aromatic N) is 3. The third-order valence-electron chi connectivity index (χ3n) is 6.77. The molecule has 33 heavy (non-hydrogen) atoms. The minimum Gasteiger partial charge on any atom is -0.342 e. The molecule has 1 unspecified atom stereocenters. The minimum atomic E-state index is -1.11. The zero-order valence-electron chi connectivity index (χ0n) is 17.6. The minimum absolute atomic E-state index is 0.181. The van der Waals surface area contributed by atoms with Gasteiger partial charge in [-0.2, -0.15) is 5.26 Å². The zero-order valence-corrected chi connectivity index (χ0v) is 17.6. The second kappa shape index (κ2) is 7.89. The van der Waals surface area contributed by atoms with Crippen LogP contribution in [0.2, 0.25) is 0 Å². The van der Waals surface area contributed by atoms with E-state index in [1.807, 2.05) is 6.07 Å². The number of rotatable bonds is 2. The van der Waals surface area contributed by atoms with Crippen LogP contribution >= 0.6 is 0 Å². The van der Waals surface area contributed by atoms with Gasteiger partial charge in [0.25, 0.3) is 11.8 Å². The van der Waals surface area contributed by atoms with E-state index in [2.05, 4.69) is 0 Å². The van der Waals surface area contributed by atoms with Crippen LogP contribution < -0.4 is 0 Å². The predicted molar refractivity (Wildman–Crippen MR) is 109 cm³/mol. The molecule has 0 N–H and O–H groups in total. The molecule has 0 aliphatic carbocycles. The highest BCUT2D eigenvalue weighted by Gasteiger charge is 2.58. The molecule has 3 aliphatic heterocycles. The van der Waals surface area contributed by atoms with Crippen LogP contribution in [0, 0.1) is 28.8 Å². The lowest BCUT2D eigenvalue weighted by molar-refractivity contribution is -0.142. The van der Waals surface area contributed by atoms with Gasteiger partial charge in [0.05, 0.1) is 23.2 Å². The number of benzene rings is 2. The first-order chi connectivity index (χ1) is 15.8. The molecule has 9 heteroatoms. The largest absolute Gasteiger partial charge is 0.342 e. The molecule has 2 aromatic rings. The lowest BCUT2D eigenvalue weighted by atomic mass is 9.89. The van der Waals surface area contributed by atoms with Gasteiger partial charge in [-0.3, -0.25) is 9.59 Å². The highest BCUT2D eigenvalue weighted by Crippen LogP contribution is 2.47. The second-order valence-corrected chi connectivity index (χ2v) is 8.67. The van der Waals surface area contributed by atoms with Gasteiger partial charge in [-0.15, -0.1) is 0 Å². The second-order valence-electron chi connectivity index (χ2n) is 8.67. The van der Waals surface area contributed by atoms with Gasteiger partial charge in [0.2, 0.25) is 0 Å². The topological polar surface area (TPSA) is 73.6 Å². The fraction of sp³-hybridized carbons (Fsp3) is 0.375. The fourth-order valence-electron chi connectivity index (χ4n) is 5.14. The average molecular weight is 455 g/mol. The number of amides is 2. The van der Waals surface area contributed by atoms with E-state index >= 15 is 0 Å². The van der Waals surface area contributed by atoms with Gasteiger partial charge in [-0.25, -0.2) is 13.2 Å². The van der Waals surface area contributed by atoms with Crippen molar-refractivity contribution in [2.75, 3.05) is 13.1 Å². The molecule has 0 bridgehead atoms. The van der Waals surface area contributed by atoms with Crippen molar-refractivity contribution in [3.8, 4) is 6.07 Å². The Bertz CT molecular complexity index is 1170. The standard InChI is InChI=1S/C24H20F3N3O3/c25-16-10-15(11-17(26)12-16)20-3-4-21-30(20)23(32)24(33-21)5-7-29(8-6-24)22(31)18-9-14(13-28)1-2-19(18)27/h1-2,9-12,20-21H,3-8H2/t20?,21-/m1/s1. The number of halogens is 3.